The van der Waals surface area contributed by atoms with Crippen molar-refractivity contribution in [1.82, 2.24) is 0 Å². The van der Waals surface area contributed by atoms with Crippen LogP contribution in [0.1, 0.15) is 38.2 Å². The van der Waals surface area contributed by atoms with Crippen molar-refractivity contribution in [2.75, 3.05) is 0 Å². The summed E-state index contributed by atoms with van der Waals surface area (Å²) >= 11 is 0. The molecule has 3 aromatic rings. The molecular formula is C24H24O3. The number of hydrogen-bond acceptors (Lipinski definition) is 3. The fourth-order valence-electron chi connectivity index (χ4n) is 3.10. The number of carbonyl (C=O) groups is 1. The highest BCUT2D eigenvalue weighted by Crippen LogP contribution is 2.29. The Bertz CT molecular complexity index is 953. The molecular weight excluding hydrogens is 336 g/mol. The standard InChI is InChI=1S/C24H24O3/c1-16-8-11-23(19(4)12-16)27-22-10-9-20(14-25)21(13-22)15-26-24-17(2)6-5-7-18(24)3/h5-14H,15H2,1-4H3. The van der Waals surface area contributed by atoms with E-state index < -0.39 is 0 Å². The van der Waals surface area contributed by atoms with Crippen molar-refractivity contribution in [3.63, 3.8) is 0 Å². The Hall–Kier alpha value is -3.07. The van der Waals surface area contributed by atoms with Crippen molar-refractivity contribution >= 4 is 6.29 Å². The first-order chi connectivity index (χ1) is 13.0. The molecule has 0 amide bonds. The molecule has 0 bridgehead atoms. The molecule has 3 aromatic carbocycles. The van der Waals surface area contributed by atoms with Crippen LogP contribution in [0.2, 0.25) is 0 Å². The monoisotopic (exact) mass is 360 g/mol. The molecule has 27 heavy (non-hydrogen) atoms. The maximum atomic E-state index is 11.4. The minimum Gasteiger partial charge on any atom is -0.488 e. The molecule has 0 aromatic heterocycles. The number of ether oxygens (including phenoxy) is 2. The molecule has 0 saturated carbocycles. The van der Waals surface area contributed by atoms with Crippen LogP contribution in [0.15, 0.2) is 54.6 Å². The number of para-hydroxylation sites is 1. The lowest BCUT2D eigenvalue weighted by atomic mass is 10.1. The van der Waals surface area contributed by atoms with Crippen LogP contribution in [0.3, 0.4) is 0 Å². The van der Waals surface area contributed by atoms with Crippen LogP contribution in [0.25, 0.3) is 0 Å². The number of aryl methyl sites for hydroxylation is 4. The van der Waals surface area contributed by atoms with Crippen molar-refractivity contribution in [1.29, 1.82) is 0 Å². The van der Waals surface area contributed by atoms with E-state index in [9.17, 15) is 4.79 Å². The summed E-state index contributed by atoms with van der Waals surface area (Å²) in [5.41, 5.74) is 5.82. The maximum absolute atomic E-state index is 11.4. The molecule has 0 aliphatic heterocycles. The van der Waals surface area contributed by atoms with E-state index >= 15 is 0 Å². The molecule has 0 fully saturated rings. The zero-order valence-corrected chi connectivity index (χ0v) is 16.2. The summed E-state index contributed by atoms with van der Waals surface area (Å²) in [5, 5.41) is 0. The van der Waals surface area contributed by atoms with Crippen molar-refractivity contribution in [3.05, 3.63) is 88.0 Å². The fourth-order valence-corrected chi connectivity index (χ4v) is 3.10. The van der Waals surface area contributed by atoms with E-state index in [0.29, 0.717) is 17.9 Å². The first kappa shape index (κ1) is 18.7. The van der Waals surface area contributed by atoms with E-state index in [1.165, 1.54) is 5.56 Å². The Morgan fingerprint density at radius 3 is 2.26 bits per heavy atom. The number of carbonyl (C=O) groups excluding carboxylic acids is 1. The summed E-state index contributed by atoms with van der Waals surface area (Å²) in [6.07, 6.45) is 0.851. The van der Waals surface area contributed by atoms with Gasteiger partial charge in [0, 0.05) is 11.1 Å². The second kappa shape index (κ2) is 8.09. The van der Waals surface area contributed by atoms with E-state index in [2.05, 4.69) is 13.0 Å². The van der Waals surface area contributed by atoms with Crippen LogP contribution in [0, 0.1) is 27.7 Å². The van der Waals surface area contributed by atoms with E-state index in [1.807, 2.05) is 63.2 Å². The van der Waals surface area contributed by atoms with Gasteiger partial charge in [-0.25, -0.2) is 0 Å². The van der Waals surface area contributed by atoms with Crippen LogP contribution in [-0.2, 0) is 6.61 Å². The van der Waals surface area contributed by atoms with E-state index in [4.69, 9.17) is 9.47 Å². The zero-order valence-electron chi connectivity index (χ0n) is 16.2. The van der Waals surface area contributed by atoms with E-state index in [0.717, 1.165) is 40.0 Å². The lowest BCUT2D eigenvalue weighted by Crippen LogP contribution is -2.02. The van der Waals surface area contributed by atoms with Crippen LogP contribution in [0.5, 0.6) is 17.2 Å². The van der Waals surface area contributed by atoms with Crippen molar-refractivity contribution < 1.29 is 14.3 Å². The molecule has 0 aliphatic carbocycles. The van der Waals surface area contributed by atoms with Crippen molar-refractivity contribution in [3.8, 4) is 17.2 Å². The predicted octanol–water partition coefficient (Wildman–Crippen LogP) is 6.10. The van der Waals surface area contributed by atoms with Crippen LogP contribution < -0.4 is 9.47 Å². The largest absolute Gasteiger partial charge is 0.488 e. The van der Waals surface area contributed by atoms with Gasteiger partial charge in [0.25, 0.3) is 0 Å². The summed E-state index contributed by atoms with van der Waals surface area (Å²) in [4.78, 5) is 11.4. The van der Waals surface area contributed by atoms with Crippen LogP contribution in [0.4, 0.5) is 0 Å². The molecule has 0 aliphatic rings. The third-order valence-electron chi connectivity index (χ3n) is 4.58. The summed E-state index contributed by atoms with van der Waals surface area (Å²) in [5.74, 6) is 2.35. The summed E-state index contributed by atoms with van der Waals surface area (Å²) < 4.78 is 12.1. The first-order valence-corrected chi connectivity index (χ1v) is 9.00. The third kappa shape index (κ3) is 4.37. The van der Waals surface area contributed by atoms with Gasteiger partial charge in [-0.05, 0) is 68.7 Å². The van der Waals surface area contributed by atoms with Gasteiger partial charge in [-0.3, -0.25) is 4.79 Å². The highest BCUT2D eigenvalue weighted by Gasteiger charge is 2.10. The van der Waals surface area contributed by atoms with Crippen molar-refractivity contribution in [2.45, 2.75) is 34.3 Å². The lowest BCUT2D eigenvalue weighted by Gasteiger charge is -2.15. The zero-order chi connectivity index (χ0) is 19.4. The Morgan fingerprint density at radius 2 is 1.59 bits per heavy atom. The quantitative estimate of drug-likeness (QED) is 0.498. The molecule has 0 radical (unpaired) electrons. The van der Waals surface area contributed by atoms with Gasteiger partial charge in [0.05, 0.1) is 0 Å². The highest BCUT2D eigenvalue weighted by molar-refractivity contribution is 5.77. The van der Waals surface area contributed by atoms with Gasteiger partial charge >= 0.3 is 0 Å². The Balaban J connectivity index is 1.84. The van der Waals surface area contributed by atoms with Crippen LogP contribution >= 0.6 is 0 Å². The Labute approximate surface area is 160 Å². The lowest BCUT2D eigenvalue weighted by molar-refractivity contribution is 0.112. The van der Waals surface area contributed by atoms with Gasteiger partial charge in [0.15, 0.2) is 0 Å². The molecule has 3 rings (SSSR count). The average Bonchev–Trinajstić information content (AvgIpc) is 2.64. The minimum atomic E-state index is 0.309. The smallest absolute Gasteiger partial charge is 0.150 e. The molecule has 0 heterocycles. The number of aldehydes is 1. The van der Waals surface area contributed by atoms with Gasteiger partial charge in [-0.1, -0.05) is 35.9 Å². The number of hydrogen-bond donors (Lipinski definition) is 0. The summed E-state index contributed by atoms with van der Waals surface area (Å²) in [6, 6.07) is 17.6. The second-order valence-corrected chi connectivity index (χ2v) is 6.86. The summed E-state index contributed by atoms with van der Waals surface area (Å²) in [6.45, 7) is 8.42. The number of rotatable bonds is 6. The molecule has 0 atom stereocenters. The highest BCUT2D eigenvalue weighted by atomic mass is 16.5. The maximum Gasteiger partial charge on any atom is 0.150 e. The number of benzene rings is 3. The molecule has 3 heteroatoms. The van der Waals surface area contributed by atoms with Crippen LogP contribution in [-0.4, -0.2) is 6.29 Å². The van der Waals surface area contributed by atoms with Gasteiger partial charge in [-0.2, -0.15) is 0 Å². The Morgan fingerprint density at radius 1 is 0.852 bits per heavy atom. The molecule has 138 valence electrons. The van der Waals surface area contributed by atoms with E-state index in [-0.39, 0.29) is 0 Å². The molecule has 3 nitrogen and oxygen atoms in total. The van der Waals surface area contributed by atoms with Gasteiger partial charge in [0.1, 0.15) is 30.1 Å². The van der Waals surface area contributed by atoms with Gasteiger partial charge < -0.3 is 9.47 Å². The van der Waals surface area contributed by atoms with E-state index in [1.54, 1.807) is 6.07 Å². The molecule has 0 spiro atoms. The summed E-state index contributed by atoms with van der Waals surface area (Å²) in [7, 11) is 0. The Kier molecular flexibility index (Phi) is 5.60. The SMILES string of the molecule is Cc1ccc(Oc2ccc(C=O)c(COc3c(C)cccc3C)c2)c(C)c1. The fraction of sp³-hybridized carbons (Fsp3) is 0.208. The third-order valence-corrected chi connectivity index (χ3v) is 4.58. The minimum absolute atomic E-state index is 0.309. The molecule has 0 N–H and O–H groups in total. The van der Waals surface area contributed by atoms with Gasteiger partial charge in [0.2, 0.25) is 0 Å². The van der Waals surface area contributed by atoms with Gasteiger partial charge in [-0.15, -0.1) is 0 Å². The average molecular weight is 360 g/mol. The predicted molar refractivity (Wildman–Crippen MR) is 108 cm³/mol. The molecule has 0 unspecified atom stereocenters. The first-order valence-electron chi connectivity index (χ1n) is 9.00. The van der Waals surface area contributed by atoms with Crippen molar-refractivity contribution in [2.24, 2.45) is 0 Å². The normalized spacial score (nSPS) is 10.5. The molecule has 0 saturated heterocycles. The second-order valence-electron chi connectivity index (χ2n) is 6.86. The topological polar surface area (TPSA) is 35.5 Å².